The Balaban J connectivity index is 1.84. The van der Waals surface area contributed by atoms with Crippen LogP contribution in [0.4, 0.5) is 17.1 Å². The van der Waals surface area contributed by atoms with E-state index in [1.165, 1.54) is 44.7 Å². The Morgan fingerprint density at radius 1 is 0.967 bits per heavy atom. The number of furan rings is 1. The van der Waals surface area contributed by atoms with Gasteiger partial charge in [0.25, 0.3) is 11.8 Å². The third-order valence-electron chi connectivity index (χ3n) is 4.09. The van der Waals surface area contributed by atoms with E-state index in [1.54, 1.807) is 18.2 Å². The molecule has 2 amide bonds. The molecular weight excluding hydrogens is 394 g/mol. The van der Waals surface area contributed by atoms with Crippen molar-refractivity contribution in [3.05, 3.63) is 76.2 Å². The van der Waals surface area contributed by atoms with Crippen LogP contribution in [0.5, 0.6) is 11.5 Å². The summed E-state index contributed by atoms with van der Waals surface area (Å²) < 4.78 is 15.2. The Labute approximate surface area is 170 Å². The second kappa shape index (κ2) is 8.78. The van der Waals surface area contributed by atoms with Crippen LogP contribution in [0.1, 0.15) is 20.9 Å². The standard InChI is InChI=1S/C20H17N3O7/c1-28-16-8-6-13(21-20(25)18-4-3-9-30-18)11-14(16)22-19(24)12-5-7-17(29-2)15(10-12)23(26)27/h3-11H,1-2H3,(H,21,25)(H,22,24). The lowest BCUT2D eigenvalue weighted by molar-refractivity contribution is -0.385. The molecule has 0 spiro atoms. The predicted molar refractivity (Wildman–Crippen MR) is 107 cm³/mol. The van der Waals surface area contributed by atoms with Gasteiger partial charge in [-0.25, -0.2) is 0 Å². The van der Waals surface area contributed by atoms with Crippen molar-refractivity contribution >= 4 is 28.9 Å². The fourth-order valence-electron chi connectivity index (χ4n) is 2.65. The molecule has 10 nitrogen and oxygen atoms in total. The van der Waals surface area contributed by atoms with Gasteiger partial charge < -0.3 is 24.5 Å². The summed E-state index contributed by atoms with van der Waals surface area (Å²) in [5, 5.41) is 16.5. The lowest BCUT2D eigenvalue weighted by atomic mass is 10.1. The molecule has 154 valence electrons. The molecule has 0 aliphatic rings. The first-order valence-electron chi connectivity index (χ1n) is 8.59. The zero-order chi connectivity index (χ0) is 21.7. The van der Waals surface area contributed by atoms with Gasteiger partial charge in [-0.1, -0.05) is 0 Å². The highest BCUT2D eigenvalue weighted by Gasteiger charge is 2.19. The normalized spacial score (nSPS) is 10.2. The van der Waals surface area contributed by atoms with Crippen LogP contribution in [0.15, 0.2) is 59.2 Å². The molecular formula is C20H17N3O7. The molecule has 0 fully saturated rings. The summed E-state index contributed by atoms with van der Waals surface area (Å²) in [4.78, 5) is 35.3. The van der Waals surface area contributed by atoms with Crippen LogP contribution < -0.4 is 20.1 Å². The number of anilines is 2. The average Bonchev–Trinajstić information content (AvgIpc) is 3.28. The number of nitro benzene ring substituents is 1. The summed E-state index contributed by atoms with van der Waals surface area (Å²) in [7, 11) is 2.72. The van der Waals surface area contributed by atoms with Crippen molar-refractivity contribution < 1.29 is 28.4 Å². The van der Waals surface area contributed by atoms with E-state index in [2.05, 4.69) is 10.6 Å². The van der Waals surface area contributed by atoms with Gasteiger partial charge in [0.05, 0.1) is 31.1 Å². The van der Waals surface area contributed by atoms with Crippen LogP contribution in [0, 0.1) is 10.1 Å². The van der Waals surface area contributed by atoms with Crippen molar-refractivity contribution in [3.63, 3.8) is 0 Å². The molecule has 2 N–H and O–H groups in total. The highest BCUT2D eigenvalue weighted by molar-refractivity contribution is 6.07. The molecule has 0 bridgehead atoms. The molecule has 0 aliphatic carbocycles. The SMILES string of the molecule is COc1ccc(NC(=O)c2ccco2)cc1NC(=O)c1ccc(OC)c([N+](=O)[O-])c1. The van der Waals surface area contributed by atoms with Crippen molar-refractivity contribution in [2.24, 2.45) is 0 Å². The van der Waals surface area contributed by atoms with Crippen LogP contribution >= 0.6 is 0 Å². The molecule has 0 saturated heterocycles. The Kier molecular flexibility index (Phi) is 5.97. The van der Waals surface area contributed by atoms with Gasteiger partial charge >= 0.3 is 5.69 Å². The molecule has 30 heavy (non-hydrogen) atoms. The number of nitrogens with one attached hydrogen (secondary N) is 2. The van der Waals surface area contributed by atoms with Crippen molar-refractivity contribution in [3.8, 4) is 11.5 Å². The number of carbonyl (C=O) groups is 2. The monoisotopic (exact) mass is 411 g/mol. The maximum atomic E-state index is 12.6. The fraction of sp³-hybridized carbons (Fsp3) is 0.100. The zero-order valence-electron chi connectivity index (χ0n) is 16.0. The molecule has 2 aromatic carbocycles. The quantitative estimate of drug-likeness (QED) is 0.447. The van der Waals surface area contributed by atoms with Crippen molar-refractivity contribution in [1.29, 1.82) is 0 Å². The first-order chi connectivity index (χ1) is 14.4. The Morgan fingerprint density at radius 3 is 2.33 bits per heavy atom. The van der Waals surface area contributed by atoms with Gasteiger partial charge in [-0.2, -0.15) is 0 Å². The van der Waals surface area contributed by atoms with Crippen molar-refractivity contribution in [1.82, 2.24) is 0 Å². The van der Waals surface area contributed by atoms with Crippen LogP contribution in [-0.4, -0.2) is 31.0 Å². The molecule has 0 atom stereocenters. The van der Waals surface area contributed by atoms with E-state index in [-0.39, 0.29) is 28.4 Å². The first kappa shape index (κ1) is 20.4. The summed E-state index contributed by atoms with van der Waals surface area (Å²) in [6.45, 7) is 0. The second-order valence-corrected chi connectivity index (χ2v) is 5.94. The van der Waals surface area contributed by atoms with Crippen LogP contribution in [0.25, 0.3) is 0 Å². The Hall–Kier alpha value is -4.34. The van der Waals surface area contributed by atoms with E-state index in [9.17, 15) is 19.7 Å². The number of hydrogen-bond acceptors (Lipinski definition) is 7. The molecule has 0 saturated carbocycles. The number of hydrogen-bond donors (Lipinski definition) is 2. The third-order valence-corrected chi connectivity index (χ3v) is 4.09. The van der Waals surface area contributed by atoms with E-state index >= 15 is 0 Å². The summed E-state index contributed by atoms with van der Waals surface area (Å²) in [5.74, 6) is -0.567. The minimum absolute atomic E-state index is 0.0387. The van der Waals surface area contributed by atoms with Gasteiger partial charge in [0.2, 0.25) is 0 Å². The highest BCUT2D eigenvalue weighted by Crippen LogP contribution is 2.31. The molecule has 1 aromatic heterocycles. The van der Waals surface area contributed by atoms with E-state index < -0.39 is 16.7 Å². The van der Waals surface area contributed by atoms with Gasteiger partial charge in [0, 0.05) is 17.3 Å². The fourth-order valence-corrected chi connectivity index (χ4v) is 2.65. The topological polar surface area (TPSA) is 133 Å². The van der Waals surface area contributed by atoms with E-state index in [0.717, 1.165) is 6.07 Å². The molecule has 0 aliphatic heterocycles. The van der Waals surface area contributed by atoms with Gasteiger partial charge in [0.15, 0.2) is 11.5 Å². The number of nitro groups is 1. The van der Waals surface area contributed by atoms with Crippen LogP contribution in [-0.2, 0) is 0 Å². The lowest BCUT2D eigenvalue weighted by Crippen LogP contribution is -2.14. The van der Waals surface area contributed by atoms with Gasteiger partial charge in [-0.15, -0.1) is 0 Å². The van der Waals surface area contributed by atoms with Crippen LogP contribution in [0.3, 0.4) is 0 Å². The van der Waals surface area contributed by atoms with Crippen molar-refractivity contribution in [2.45, 2.75) is 0 Å². The summed E-state index contributed by atoms with van der Waals surface area (Å²) >= 11 is 0. The second-order valence-electron chi connectivity index (χ2n) is 5.94. The third kappa shape index (κ3) is 4.38. The molecule has 1 heterocycles. The maximum absolute atomic E-state index is 12.6. The number of methoxy groups -OCH3 is 2. The van der Waals surface area contributed by atoms with Gasteiger partial charge in [-0.05, 0) is 42.5 Å². The molecule has 3 rings (SSSR count). The number of rotatable bonds is 7. The van der Waals surface area contributed by atoms with Crippen LogP contribution in [0.2, 0.25) is 0 Å². The molecule has 3 aromatic rings. The van der Waals surface area contributed by atoms with E-state index in [0.29, 0.717) is 11.4 Å². The predicted octanol–water partition coefficient (Wildman–Crippen LogP) is 3.71. The molecule has 10 heteroatoms. The summed E-state index contributed by atoms with van der Waals surface area (Å²) in [6.07, 6.45) is 1.38. The minimum Gasteiger partial charge on any atom is -0.495 e. The number of amides is 2. The zero-order valence-corrected chi connectivity index (χ0v) is 16.0. The maximum Gasteiger partial charge on any atom is 0.311 e. The highest BCUT2D eigenvalue weighted by atomic mass is 16.6. The molecule has 0 radical (unpaired) electrons. The minimum atomic E-state index is -0.638. The Morgan fingerprint density at radius 2 is 1.70 bits per heavy atom. The first-order valence-corrected chi connectivity index (χ1v) is 8.59. The smallest absolute Gasteiger partial charge is 0.311 e. The van der Waals surface area contributed by atoms with Gasteiger partial charge in [-0.3, -0.25) is 19.7 Å². The number of benzene rings is 2. The van der Waals surface area contributed by atoms with Gasteiger partial charge in [0.1, 0.15) is 5.75 Å². The van der Waals surface area contributed by atoms with E-state index in [4.69, 9.17) is 13.9 Å². The number of carbonyl (C=O) groups excluding carboxylic acids is 2. The summed E-state index contributed by atoms with van der Waals surface area (Å²) in [5.41, 5.74) is 0.359. The molecule has 0 unspecified atom stereocenters. The van der Waals surface area contributed by atoms with E-state index in [1.807, 2.05) is 0 Å². The Bertz CT molecular complexity index is 1090. The largest absolute Gasteiger partial charge is 0.495 e. The average molecular weight is 411 g/mol. The number of ether oxygens (including phenoxy) is 2. The summed E-state index contributed by atoms with van der Waals surface area (Å²) in [6, 6.07) is 11.6. The van der Waals surface area contributed by atoms with Crippen molar-refractivity contribution in [2.75, 3.05) is 24.9 Å². The number of nitrogens with zero attached hydrogens (tertiary/aromatic N) is 1. The lowest BCUT2D eigenvalue weighted by Gasteiger charge is -2.13.